The molecule has 1 atom stereocenters. The standard InChI is InChI=1S/C19H23N3O3S/c1-24-16-5-2-4-14-8-13(11-25-18(14)16)10-21-17(23)9-15-12-26-19-20-6-3-7-22(15)19/h2,4-5,12-13H,3,6-11H2,1H3,(H,21,23)/t13-/m0/s1. The summed E-state index contributed by atoms with van der Waals surface area (Å²) in [5.41, 5.74) is 2.19. The van der Waals surface area contributed by atoms with Crippen molar-refractivity contribution in [3.05, 3.63) is 34.9 Å². The SMILES string of the molecule is COc1cccc2c1OC[C@H](CNC(=O)CC1=CSC3=NCCCN13)C2. The zero-order valence-corrected chi connectivity index (χ0v) is 15.7. The number of benzene rings is 1. The molecule has 138 valence electrons. The molecule has 0 saturated carbocycles. The Hall–Kier alpha value is -2.15. The number of nitrogens with zero attached hydrogens (tertiary/aromatic N) is 2. The van der Waals surface area contributed by atoms with Crippen molar-refractivity contribution < 1.29 is 14.3 Å². The fourth-order valence-electron chi connectivity index (χ4n) is 3.51. The highest BCUT2D eigenvalue weighted by Gasteiger charge is 2.27. The van der Waals surface area contributed by atoms with Crippen molar-refractivity contribution >= 4 is 22.8 Å². The van der Waals surface area contributed by atoms with Gasteiger partial charge in [-0.1, -0.05) is 23.9 Å². The average Bonchev–Trinajstić information content (AvgIpc) is 3.08. The molecular weight excluding hydrogens is 350 g/mol. The maximum atomic E-state index is 12.4. The highest BCUT2D eigenvalue weighted by atomic mass is 32.2. The van der Waals surface area contributed by atoms with Crippen LogP contribution in [0.1, 0.15) is 18.4 Å². The molecule has 0 aromatic heterocycles. The van der Waals surface area contributed by atoms with Gasteiger partial charge in [0.1, 0.15) is 0 Å². The largest absolute Gasteiger partial charge is 0.493 e. The molecule has 3 heterocycles. The van der Waals surface area contributed by atoms with Crippen LogP contribution in [-0.2, 0) is 11.2 Å². The van der Waals surface area contributed by atoms with Crippen LogP contribution in [0.2, 0.25) is 0 Å². The van der Waals surface area contributed by atoms with Gasteiger partial charge in [-0.25, -0.2) is 0 Å². The first kappa shape index (κ1) is 17.3. The lowest BCUT2D eigenvalue weighted by molar-refractivity contribution is -0.120. The number of methoxy groups -OCH3 is 1. The second kappa shape index (κ2) is 7.61. The summed E-state index contributed by atoms with van der Waals surface area (Å²) >= 11 is 1.62. The molecule has 1 aromatic rings. The first-order chi connectivity index (χ1) is 12.7. The Morgan fingerprint density at radius 2 is 2.42 bits per heavy atom. The maximum absolute atomic E-state index is 12.4. The number of amidine groups is 1. The molecule has 1 amide bonds. The molecule has 0 saturated heterocycles. The number of para-hydroxylation sites is 1. The minimum absolute atomic E-state index is 0.0557. The van der Waals surface area contributed by atoms with E-state index in [9.17, 15) is 4.79 Å². The van der Waals surface area contributed by atoms with E-state index >= 15 is 0 Å². The van der Waals surface area contributed by atoms with Crippen LogP contribution in [0.15, 0.2) is 34.3 Å². The predicted octanol–water partition coefficient (Wildman–Crippen LogP) is 2.40. The number of carbonyl (C=O) groups is 1. The van der Waals surface area contributed by atoms with Crippen LogP contribution >= 0.6 is 11.8 Å². The van der Waals surface area contributed by atoms with E-state index in [1.807, 2.05) is 12.1 Å². The molecule has 0 aliphatic carbocycles. The molecular formula is C19H23N3O3S. The van der Waals surface area contributed by atoms with E-state index in [2.05, 4.69) is 26.7 Å². The molecule has 0 bridgehead atoms. The van der Waals surface area contributed by atoms with Gasteiger partial charge in [-0.2, -0.15) is 0 Å². The number of hydrogen-bond acceptors (Lipinski definition) is 6. The molecule has 0 unspecified atom stereocenters. The van der Waals surface area contributed by atoms with Crippen LogP contribution in [-0.4, -0.2) is 49.3 Å². The summed E-state index contributed by atoms with van der Waals surface area (Å²) in [6.45, 7) is 3.06. The molecule has 26 heavy (non-hydrogen) atoms. The molecule has 7 heteroatoms. The lowest BCUT2D eigenvalue weighted by Crippen LogP contribution is -2.36. The highest BCUT2D eigenvalue weighted by Crippen LogP contribution is 2.36. The molecule has 6 nitrogen and oxygen atoms in total. The molecule has 4 rings (SSSR count). The van der Waals surface area contributed by atoms with Crippen molar-refractivity contribution in [2.45, 2.75) is 19.3 Å². The molecule has 3 aliphatic heterocycles. The Kier molecular flexibility index (Phi) is 5.06. The van der Waals surface area contributed by atoms with Crippen LogP contribution in [0.4, 0.5) is 0 Å². The van der Waals surface area contributed by atoms with Gasteiger partial charge in [-0.15, -0.1) is 0 Å². The molecule has 1 aromatic carbocycles. The van der Waals surface area contributed by atoms with Crippen molar-refractivity contribution in [2.75, 3.05) is 33.4 Å². The Labute approximate surface area is 157 Å². The Balaban J connectivity index is 1.29. The third-order valence-corrected chi connectivity index (χ3v) is 5.80. The van der Waals surface area contributed by atoms with Crippen LogP contribution < -0.4 is 14.8 Å². The van der Waals surface area contributed by atoms with E-state index in [0.29, 0.717) is 19.6 Å². The van der Waals surface area contributed by atoms with Crippen molar-refractivity contribution in [3.63, 3.8) is 0 Å². The van der Waals surface area contributed by atoms with E-state index < -0.39 is 0 Å². The molecule has 3 aliphatic rings. The van der Waals surface area contributed by atoms with Crippen molar-refractivity contribution in [3.8, 4) is 11.5 Å². The van der Waals surface area contributed by atoms with Gasteiger partial charge in [0, 0.05) is 31.2 Å². The first-order valence-electron chi connectivity index (χ1n) is 8.97. The number of fused-ring (bicyclic) bond motifs is 2. The smallest absolute Gasteiger partial charge is 0.225 e. The summed E-state index contributed by atoms with van der Waals surface area (Å²) in [5.74, 6) is 1.94. The second-order valence-corrected chi connectivity index (χ2v) is 7.54. The fraction of sp³-hybridized carbons (Fsp3) is 0.474. The number of carbonyl (C=O) groups excluding carboxylic acids is 1. The zero-order chi connectivity index (χ0) is 17.9. The Morgan fingerprint density at radius 3 is 3.31 bits per heavy atom. The van der Waals surface area contributed by atoms with Crippen molar-refractivity contribution in [1.29, 1.82) is 0 Å². The van der Waals surface area contributed by atoms with E-state index in [0.717, 1.165) is 53.9 Å². The van der Waals surface area contributed by atoms with Gasteiger partial charge in [-0.3, -0.25) is 9.79 Å². The summed E-state index contributed by atoms with van der Waals surface area (Å²) in [5, 5.41) is 6.15. The number of hydrogen-bond donors (Lipinski definition) is 1. The van der Waals surface area contributed by atoms with Crippen LogP contribution in [0.3, 0.4) is 0 Å². The fourth-order valence-corrected chi connectivity index (χ4v) is 4.46. The van der Waals surface area contributed by atoms with Gasteiger partial charge < -0.3 is 19.7 Å². The van der Waals surface area contributed by atoms with E-state index in [4.69, 9.17) is 9.47 Å². The van der Waals surface area contributed by atoms with Crippen LogP contribution in [0, 0.1) is 5.92 Å². The van der Waals surface area contributed by atoms with Crippen LogP contribution in [0.5, 0.6) is 11.5 Å². The summed E-state index contributed by atoms with van der Waals surface area (Å²) in [6.07, 6.45) is 2.34. The summed E-state index contributed by atoms with van der Waals surface area (Å²) < 4.78 is 11.2. The number of aliphatic imine (C=N–C) groups is 1. The maximum Gasteiger partial charge on any atom is 0.225 e. The first-order valence-corrected chi connectivity index (χ1v) is 9.85. The number of rotatable bonds is 5. The van der Waals surface area contributed by atoms with E-state index in [-0.39, 0.29) is 11.8 Å². The summed E-state index contributed by atoms with van der Waals surface area (Å²) in [7, 11) is 1.65. The number of nitrogens with one attached hydrogen (secondary N) is 1. The lowest BCUT2D eigenvalue weighted by Gasteiger charge is -2.27. The Morgan fingerprint density at radius 1 is 1.50 bits per heavy atom. The molecule has 0 spiro atoms. The monoisotopic (exact) mass is 373 g/mol. The number of ether oxygens (including phenoxy) is 2. The normalized spacial score (nSPS) is 21.1. The van der Waals surface area contributed by atoms with Gasteiger partial charge >= 0.3 is 0 Å². The highest BCUT2D eigenvalue weighted by molar-refractivity contribution is 8.16. The minimum Gasteiger partial charge on any atom is -0.493 e. The van der Waals surface area contributed by atoms with Gasteiger partial charge in [0.25, 0.3) is 0 Å². The summed E-state index contributed by atoms with van der Waals surface area (Å²) in [6, 6.07) is 5.94. The summed E-state index contributed by atoms with van der Waals surface area (Å²) in [4.78, 5) is 19.0. The van der Waals surface area contributed by atoms with Crippen molar-refractivity contribution in [1.82, 2.24) is 10.2 Å². The second-order valence-electron chi connectivity index (χ2n) is 6.71. The predicted molar refractivity (Wildman–Crippen MR) is 103 cm³/mol. The molecule has 1 N–H and O–H groups in total. The van der Waals surface area contributed by atoms with Crippen LogP contribution in [0.25, 0.3) is 0 Å². The van der Waals surface area contributed by atoms with Gasteiger partial charge in [0.05, 0.1) is 20.1 Å². The zero-order valence-electron chi connectivity index (χ0n) is 14.9. The molecule has 0 fully saturated rings. The number of thioether (sulfide) groups is 1. The lowest BCUT2D eigenvalue weighted by atomic mass is 9.96. The van der Waals surface area contributed by atoms with Gasteiger partial charge in [-0.05, 0) is 29.9 Å². The Bertz CT molecular complexity index is 762. The third-order valence-electron chi connectivity index (χ3n) is 4.85. The van der Waals surface area contributed by atoms with Gasteiger partial charge in [0.2, 0.25) is 5.91 Å². The quantitative estimate of drug-likeness (QED) is 0.859. The van der Waals surface area contributed by atoms with E-state index in [1.54, 1.807) is 18.9 Å². The third kappa shape index (κ3) is 3.53. The number of amides is 1. The molecule has 0 radical (unpaired) electrons. The minimum atomic E-state index is 0.0557. The van der Waals surface area contributed by atoms with Gasteiger partial charge in [0.15, 0.2) is 16.7 Å². The van der Waals surface area contributed by atoms with E-state index in [1.165, 1.54) is 0 Å². The average molecular weight is 373 g/mol. The topological polar surface area (TPSA) is 63.2 Å². The van der Waals surface area contributed by atoms with Crippen molar-refractivity contribution in [2.24, 2.45) is 10.9 Å².